The number of nitrogens with zero attached hydrogens (tertiary/aromatic N) is 1. The lowest BCUT2D eigenvalue weighted by Gasteiger charge is -2.22. The van der Waals surface area contributed by atoms with Crippen molar-refractivity contribution in [3.05, 3.63) is 17.5 Å². The SMILES string of the molecule is Cc1cc(C(=O)NC2CCOCC2)n[nH]1. The zero-order valence-electron chi connectivity index (χ0n) is 8.75. The number of carbonyl (C=O) groups excluding carboxylic acids is 1. The lowest BCUT2D eigenvalue weighted by atomic mass is 10.1. The number of hydrogen-bond acceptors (Lipinski definition) is 3. The van der Waals surface area contributed by atoms with Crippen molar-refractivity contribution in [1.29, 1.82) is 0 Å². The summed E-state index contributed by atoms with van der Waals surface area (Å²) < 4.78 is 5.22. The van der Waals surface area contributed by atoms with Crippen LogP contribution in [0.15, 0.2) is 6.07 Å². The minimum atomic E-state index is -0.105. The highest BCUT2D eigenvalue weighted by Crippen LogP contribution is 2.07. The van der Waals surface area contributed by atoms with Crippen molar-refractivity contribution in [3.8, 4) is 0 Å². The van der Waals surface area contributed by atoms with Crippen LogP contribution in [0.2, 0.25) is 0 Å². The molecule has 0 atom stereocenters. The molecule has 2 N–H and O–H groups in total. The van der Waals surface area contributed by atoms with Gasteiger partial charge in [-0.3, -0.25) is 9.89 Å². The van der Waals surface area contributed by atoms with Gasteiger partial charge in [0.15, 0.2) is 0 Å². The van der Waals surface area contributed by atoms with E-state index >= 15 is 0 Å². The lowest BCUT2D eigenvalue weighted by molar-refractivity contribution is 0.0694. The number of carbonyl (C=O) groups is 1. The molecular weight excluding hydrogens is 194 g/mol. The summed E-state index contributed by atoms with van der Waals surface area (Å²) in [7, 11) is 0. The second-order valence-corrected chi connectivity index (χ2v) is 3.80. The van der Waals surface area contributed by atoms with Gasteiger partial charge in [-0.15, -0.1) is 0 Å². The van der Waals surface area contributed by atoms with Gasteiger partial charge in [0.25, 0.3) is 5.91 Å². The van der Waals surface area contributed by atoms with Crippen LogP contribution in [0.5, 0.6) is 0 Å². The van der Waals surface area contributed by atoms with Crippen LogP contribution in [0.3, 0.4) is 0 Å². The van der Waals surface area contributed by atoms with E-state index in [0.717, 1.165) is 31.7 Å². The molecule has 1 fully saturated rings. The van der Waals surface area contributed by atoms with E-state index < -0.39 is 0 Å². The molecule has 0 spiro atoms. The van der Waals surface area contributed by atoms with Crippen LogP contribution in [-0.4, -0.2) is 35.4 Å². The Bertz CT molecular complexity index is 342. The van der Waals surface area contributed by atoms with Gasteiger partial charge in [0, 0.05) is 24.9 Å². The maximum atomic E-state index is 11.7. The predicted molar refractivity (Wildman–Crippen MR) is 54.6 cm³/mol. The number of aromatic amines is 1. The Morgan fingerprint density at radius 1 is 1.60 bits per heavy atom. The molecule has 0 radical (unpaired) electrons. The second-order valence-electron chi connectivity index (χ2n) is 3.80. The van der Waals surface area contributed by atoms with Crippen molar-refractivity contribution in [2.24, 2.45) is 0 Å². The molecule has 1 aliphatic heterocycles. The topological polar surface area (TPSA) is 67.0 Å². The molecule has 82 valence electrons. The van der Waals surface area contributed by atoms with Crippen LogP contribution in [0.1, 0.15) is 29.0 Å². The average Bonchev–Trinajstić information content (AvgIpc) is 2.66. The Labute approximate surface area is 88.2 Å². The van der Waals surface area contributed by atoms with E-state index in [2.05, 4.69) is 15.5 Å². The van der Waals surface area contributed by atoms with E-state index in [0.29, 0.717) is 5.69 Å². The van der Waals surface area contributed by atoms with Crippen LogP contribution in [0.25, 0.3) is 0 Å². The molecule has 15 heavy (non-hydrogen) atoms. The lowest BCUT2D eigenvalue weighted by Crippen LogP contribution is -2.39. The largest absolute Gasteiger partial charge is 0.381 e. The molecule has 2 rings (SSSR count). The summed E-state index contributed by atoms with van der Waals surface area (Å²) in [5, 5.41) is 9.61. The Balaban J connectivity index is 1.91. The minimum absolute atomic E-state index is 0.105. The van der Waals surface area contributed by atoms with Crippen molar-refractivity contribution >= 4 is 5.91 Å². The Morgan fingerprint density at radius 3 is 2.93 bits per heavy atom. The number of ether oxygens (including phenoxy) is 1. The fraction of sp³-hybridized carbons (Fsp3) is 0.600. The molecule has 5 heteroatoms. The number of H-pyrrole nitrogens is 1. The van der Waals surface area contributed by atoms with Gasteiger partial charge in [-0.25, -0.2) is 0 Å². The zero-order chi connectivity index (χ0) is 10.7. The Kier molecular flexibility index (Phi) is 3.01. The highest BCUT2D eigenvalue weighted by molar-refractivity contribution is 5.92. The molecule has 0 aliphatic carbocycles. The normalized spacial score (nSPS) is 17.7. The fourth-order valence-electron chi connectivity index (χ4n) is 1.64. The summed E-state index contributed by atoms with van der Waals surface area (Å²) in [5.41, 5.74) is 1.35. The first-order valence-corrected chi connectivity index (χ1v) is 5.16. The van der Waals surface area contributed by atoms with Crippen molar-refractivity contribution in [3.63, 3.8) is 0 Å². The standard InChI is InChI=1S/C10H15N3O2/c1-7-6-9(13-12-7)10(14)11-8-2-4-15-5-3-8/h6,8H,2-5H2,1H3,(H,11,14)(H,12,13). The van der Waals surface area contributed by atoms with Gasteiger partial charge in [-0.1, -0.05) is 0 Å². The van der Waals surface area contributed by atoms with Crippen LogP contribution >= 0.6 is 0 Å². The first kappa shape index (κ1) is 10.2. The monoisotopic (exact) mass is 209 g/mol. The number of amides is 1. The van der Waals surface area contributed by atoms with Crippen LogP contribution in [0.4, 0.5) is 0 Å². The number of hydrogen-bond donors (Lipinski definition) is 2. The summed E-state index contributed by atoms with van der Waals surface area (Å²) in [6.45, 7) is 3.33. The van der Waals surface area contributed by atoms with Crippen molar-refractivity contribution in [2.45, 2.75) is 25.8 Å². The Hall–Kier alpha value is -1.36. The van der Waals surface area contributed by atoms with Crippen molar-refractivity contribution < 1.29 is 9.53 Å². The van der Waals surface area contributed by atoms with Gasteiger partial charge < -0.3 is 10.1 Å². The van der Waals surface area contributed by atoms with Gasteiger partial charge in [-0.2, -0.15) is 5.10 Å². The minimum Gasteiger partial charge on any atom is -0.381 e. The summed E-state index contributed by atoms with van der Waals surface area (Å²) in [6.07, 6.45) is 1.77. The maximum Gasteiger partial charge on any atom is 0.271 e. The molecule has 2 heterocycles. The molecule has 0 bridgehead atoms. The molecule has 1 aromatic rings. The molecule has 0 aromatic carbocycles. The second kappa shape index (κ2) is 4.44. The van der Waals surface area contributed by atoms with Crippen LogP contribution < -0.4 is 5.32 Å². The third-order valence-corrected chi connectivity index (χ3v) is 2.50. The maximum absolute atomic E-state index is 11.7. The average molecular weight is 209 g/mol. The van der Waals surface area contributed by atoms with Crippen molar-refractivity contribution in [2.75, 3.05) is 13.2 Å². The van der Waals surface area contributed by atoms with Gasteiger partial charge in [0.05, 0.1) is 0 Å². The van der Waals surface area contributed by atoms with E-state index in [1.54, 1.807) is 6.07 Å². The van der Waals surface area contributed by atoms with Gasteiger partial charge >= 0.3 is 0 Å². The van der Waals surface area contributed by atoms with Crippen LogP contribution in [-0.2, 0) is 4.74 Å². The fourth-order valence-corrected chi connectivity index (χ4v) is 1.64. The quantitative estimate of drug-likeness (QED) is 0.750. The van der Waals surface area contributed by atoms with Gasteiger partial charge in [-0.05, 0) is 25.8 Å². The summed E-state index contributed by atoms with van der Waals surface area (Å²) in [5.74, 6) is -0.105. The molecule has 1 amide bonds. The number of aromatic nitrogens is 2. The predicted octanol–water partition coefficient (Wildman–Crippen LogP) is 0.627. The summed E-state index contributed by atoms with van der Waals surface area (Å²) in [6, 6.07) is 1.97. The summed E-state index contributed by atoms with van der Waals surface area (Å²) >= 11 is 0. The number of rotatable bonds is 2. The molecule has 1 aliphatic rings. The van der Waals surface area contributed by atoms with Crippen LogP contribution in [0, 0.1) is 6.92 Å². The first-order valence-electron chi connectivity index (χ1n) is 5.16. The molecule has 0 unspecified atom stereocenters. The van der Waals surface area contributed by atoms with Gasteiger partial charge in [0.1, 0.15) is 5.69 Å². The molecule has 0 saturated carbocycles. The highest BCUT2D eigenvalue weighted by atomic mass is 16.5. The highest BCUT2D eigenvalue weighted by Gasteiger charge is 2.18. The van der Waals surface area contributed by atoms with E-state index in [1.807, 2.05) is 6.92 Å². The van der Waals surface area contributed by atoms with E-state index in [1.165, 1.54) is 0 Å². The molecular formula is C10H15N3O2. The number of nitrogens with one attached hydrogen (secondary N) is 2. The molecule has 1 aromatic heterocycles. The first-order chi connectivity index (χ1) is 7.25. The van der Waals surface area contributed by atoms with Gasteiger partial charge in [0.2, 0.25) is 0 Å². The van der Waals surface area contributed by atoms with E-state index in [9.17, 15) is 4.79 Å². The molecule has 1 saturated heterocycles. The zero-order valence-corrected chi connectivity index (χ0v) is 8.75. The third kappa shape index (κ3) is 2.56. The van der Waals surface area contributed by atoms with E-state index in [4.69, 9.17) is 4.74 Å². The van der Waals surface area contributed by atoms with E-state index in [-0.39, 0.29) is 11.9 Å². The van der Waals surface area contributed by atoms with Crippen molar-refractivity contribution in [1.82, 2.24) is 15.5 Å². The third-order valence-electron chi connectivity index (χ3n) is 2.50. The smallest absolute Gasteiger partial charge is 0.271 e. The summed E-state index contributed by atoms with van der Waals surface area (Å²) in [4.78, 5) is 11.7. The molecule has 5 nitrogen and oxygen atoms in total. The number of aryl methyl sites for hydroxylation is 1. The Morgan fingerprint density at radius 2 is 2.33 bits per heavy atom.